The highest BCUT2D eigenvalue weighted by Gasteiger charge is 2.62. The van der Waals surface area contributed by atoms with Crippen molar-refractivity contribution < 1.29 is 4.79 Å². The van der Waals surface area contributed by atoms with Gasteiger partial charge in [0.1, 0.15) is 5.78 Å². The molecule has 0 heterocycles. The molecule has 1 nitrogen and oxygen atoms in total. The summed E-state index contributed by atoms with van der Waals surface area (Å²) in [6.07, 6.45) is 17.9. The number of rotatable bonds is 5. The molecule has 0 aromatic rings. The second-order valence-electron chi connectivity index (χ2n) is 12.0. The lowest BCUT2D eigenvalue weighted by Crippen LogP contribution is -2.53. The average Bonchev–Trinajstić information content (AvgIpc) is 2.92. The first kappa shape index (κ1) is 20.7. The van der Waals surface area contributed by atoms with Gasteiger partial charge >= 0.3 is 0 Å². The summed E-state index contributed by atoms with van der Waals surface area (Å²) < 4.78 is 0. The topological polar surface area (TPSA) is 17.1 Å². The van der Waals surface area contributed by atoms with E-state index in [9.17, 15) is 4.79 Å². The second kappa shape index (κ2) is 7.59. The maximum absolute atomic E-state index is 13.4. The molecule has 4 aliphatic rings. The zero-order chi connectivity index (χ0) is 20.1. The molecular weight excluding hydrogens is 340 g/mol. The summed E-state index contributed by atoms with van der Waals surface area (Å²) in [5, 5.41) is 0. The van der Waals surface area contributed by atoms with Gasteiger partial charge in [-0.25, -0.2) is 0 Å². The molecule has 4 aliphatic carbocycles. The molecule has 4 rings (SSSR count). The largest absolute Gasteiger partial charge is 0.299 e. The fourth-order valence-corrected chi connectivity index (χ4v) is 8.55. The van der Waals surface area contributed by atoms with Crippen molar-refractivity contribution in [1.82, 2.24) is 0 Å². The van der Waals surface area contributed by atoms with Crippen LogP contribution in [0.25, 0.3) is 0 Å². The highest BCUT2D eigenvalue weighted by atomic mass is 16.1. The minimum atomic E-state index is 0.275. The molecule has 28 heavy (non-hydrogen) atoms. The molecule has 0 N–H and O–H groups in total. The molecule has 0 aromatic carbocycles. The van der Waals surface area contributed by atoms with Crippen LogP contribution in [0.4, 0.5) is 0 Å². The number of hydrogen-bond donors (Lipinski definition) is 0. The van der Waals surface area contributed by atoms with Crippen molar-refractivity contribution in [3.05, 3.63) is 12.2 Å². The lowest BCUT2D eigenvalue weighted by atomic mass is 9.45. The number of ketones is 1. The highest BCUT2D eigenvalue weighted by molar-refractivity contribution is 5.85. The van der Waals surface area contributed by atoms with Crippen molar-refractivity contribution in [3.63, 3.8) is 0 Å². The van der Waals surface area contributed by atoms with Crippen LogP contribution in [-0.2, 0) is 4.79 Å². The molecule has 158 valence electrons. The van der Waals surface area contributed by atoms with E-state index in [4.69, 9.17) is 0 Å². The molecule has 0 saturated heterocycles. The Morgan fingerprint density at radius 2 is 1.86 bits per heavy atom. The summed E-state index contributed by atoms with van der Waals surface area (Å²) in [6.45, 7) is 12.2. The van der Waals surface area contributed by atoms with Crippen molar-refractivity contribution in [2.75, 3.05) is 0 Å². The average molecular weight is 385 g/mol. The molecule has 1 heteroatoms. The van der Waals surface area contributed by atoms with Gasteiger partial charge in [-0.3, -0.25) is 4.79 Å². The van der Waals surface area contributed by atoms with Crippen LogP contribution >= 0.6 is 0 Å². The summed E-state index contributed by atoms with van der Waals surface area (Å²) in [4.78, 5) is 13.4. The minimum Gasteiger partial charge on any atom is -0.299 e. The van der Waals surface area contributed by atoms with Gasteiger partial charge in [-0.05, 0) is 84.9 Å². The fourth-order valence-electron chi connectivity index (χ4n) is 8.55. The molecule has 0 amide bonds. The Hall–Kier alpha value is -0.590. The Morgan fingerprint density at radius 1 is 1.07 bits per heavy atom. The quantitative estimate of drug-likeness (QED) is 0.450. The number of hydrogen-bond acceptors (Lipinski definition) is 1. The number of carbonyl (C=O) groups excluding carboxylic acids is 1. The maximum atomic E-state index is 13.4. The monoisotopic (exact) mass is 384 g/mol. The molecule has 3 fully saturated rings. The minimum absolute atomic E-state index is 0.275. The molecule has 0 aromatic heterocycles. The first-order valence-corrected chi connectivity index (χ1v) is 12.5. The van der Waals surface area contributed by atoms with Crippen LogP contribution < -0.4 is 0 Å². The zero-order valence-electron chi connectivity index (χ0n) is 19.2. The van der Waals surface area contributed by atoms with Gasteiger partial charge in [0.15, 0.2) is 0 Å². The Morgan fingerprint density at radius 3 is 2.61 bits per heavy atom. The molecule has 0 bridgehead atoms. The van der Waals surface area contributed by atoms with Crippen molar-refractivity contribution in [2.24, 2.45) is 52.3 Å². The zero-order valence-corrected chi connectivity index (χ0v) is 19.2. The Bertz CT molecular complexity index is 618. The van der Waals surface area contributed by atoms with E-state index in [1.54, 1.807) is 0 Å². The van der Waals surface area contributed by atoms with E-state index in [2.05, 4.69) is 46.8 Å². The fraction of sp³-hybridized carbons (Fsp3) is 0.889. The van der Waals surface area contributed by atoms with Gasteiger partial charge in [-0.1, -0.05) is 66.0 Å². The third-order valence-corrected chi connectivity index (χ3v) is 10.1. The highest BCUT2D eigenvalue weighted by Crippen LogP contribution is 2.66. The van der Waals surface area contributed by atoms with Crippen LogP contribution in [0.1, 0.15) is 98.8 Å². The molecule has 0 radical (unpaired) electrons. The molecule has 1 unspecified atom stereocenters. The standard InChI is InChI=1S/C27H44O/c1-18(2)9-8-10-19(3)23-17-24(28)25-21-13-12-20-11-6-7-15-26(20,4)22(21)14-16-27(23,25)5/h7,15,18-23,25H,6,8-14,16-17H2,1-5H3/t19-,20?,21-,22+,23-,25-,26+,27-/m1/s1. The van der Waals surface area contributed by atoms with Gasteiger partial charge in [0.05, 0.1) is 0 Å². The van der Waals surface area contributed by atoms with Crippen LogP contribution in [0.3, 0.4) is 0 Å². The van der Waals surface area contributed by atoms with E-state index in [1.807, 2.05) is 0 Å². The van der Waals surface area contributed by atoms with E-state index >= 15 is 0 Å². The summed E-state index contributed by atoms with van der Waals surface area (Å²) in [6, 6.07) is 0. The van der Waals surface area contributed by atoms with Gasteiger partial charge in [0, 0.05) is 12.3 Å². The Balaban J connectivity index is 1.54. The smallest absolute Gasteiger partial charge is 0.137 e. The van der Waals surface area contributed by atoms with Crippen molar-refractivity contribution in [2.45, 2.75) is 98.8 Å². The number of allylic oxidation sites excluding steroid dienone is 2. The summed E-state index contributed by atoms with van der Waals surface area (Å²) in [5.41, 5.74) is 0.640. The van der Waals surface area contributed by atoms with Crippen LogP contribution in [0.2, 0.25) is 0 Å². The number of Topliss-reactive ketones (excluding diaryl/α,β-unsaturated/α-hetero) is 1. The SMILES string of the molecule is CC(C)CCC[C@@H](C)[C@H]1CC(=O)[C@H]2[C@@H]3CCC4CCC=C[C@]4(C)[C@H]3CC[C@]12C. The summed E-state index contributed by atoms with van der Waals surface area (Å²) in [5.74, 6) is 5.40. The predicted molar refractivity (Wildman–Crippen MR) is 118 cm³/mol. The van der Waals surface area contributed by atoms with Crippen molar-refractivity contribution in [3.8, 4) is 0 Å². The van der Waals surface area contributed by atoms with E-state index in [-0.39, 0.29) is 5.41 Å². The van der Waals surface area contributed by atoms with E-state index in [0.29, 0.717) is 34.9 Å². The maximum Gasteiger partial charge on any atom is 0.137 e. The second-order valence-corrected chi connectivity index (χ2v) is 12.0. The first-order chi connectivity index (χ1) is 13.3. The van der Waals surface area contributed by atoms with Crippen LogP contribution in [0, 0.1) is 52.3 Å². The van der Waals surface area contributed by atoms with Gasteiger partial charge < -0.3 is 0 Å². The molecule has 8 atom stereocenters. The Labute approximate surface area is 174 Å². The molecule has 0 spiro atoms. The summed E-state index contributed by atoms with van der Waals surface area (Å²) in [7, 11) is 0. The van der Waals surface area contributed by atoms with Gasteiger partial charge in [0.2, 0.25) is 0 Å². The number of carbonyl (C=O) groups is 1. The lowest BCUT2D eigenvalue weighted by Gasteiger charge is -2.59. The van der Waals surface area contributed by atoms with E-state index in [1.165, 1.54) is 57.8 Å². The summed E-state index contributed by atoms with van der Waals surface area (Å²) >= 11 is 0. The van der Waals surface area contributed by atoms with Gasteiger partial charge in [0.25, 0.3) is 0 Å². The Kier molecular flexibility index (Phi) is 5.60. The van der Waals surface area contributed by atoms with Crippen LogP contribution in [0.5, 0.6) is 0 Å². The van der Waals surface area contributed by atoms with Crippen molar-refractivity contribution >= 4 is 5.78 Å². The third kappa shape index (κ3) is 3.24. The normalized spacial score (nSPS) is 46.2. The van der Waals surface area contributed by atoms with Crippen molar-refractivity contribution in [1.29, 1.82) is 0 Å². The van der Waals surface area contributed by atoms with Gasteiger partial charge in [-0.2, -0.15) is 0 Å². The van der Waals surface area contributed by atoms with E-state index in [0.717, 1.165) is 24.2 Å². The molecular formula is C27H44O. The van der Waals surface area contributed by atoms with Gasteiger partial charge in [-0.15, -0.1) is 0 Å². The first-order valence-electron chi connectivity index (χ1n) is 12.5. The molecule has 3 saturated carbocycles. The van der Waals surface area contributed by atoms with Crippen LogP contribution in [0.15, 0.2) is 12.2 Å². The van der Waals surface area contributed by atoms with Crippen LogP contribution in [-0.4, -0.2) is 5.78 Å². The lowest BCUT2D eigenvalue weighted by molar-refractivity contribution is -0.134. The van der Waals surface area contributed by atoms with E-state index < -0.39 is 0 Å². The predicted octanol–water partition coefficient (Wildman–Crippen LogP) is 7.45. The third-order valence-electron chi connectivity index (χ3n) is 10.1. The molecule has 0 aliphatic heterocycles. The number of fused-ring (bicyclic) bond motifs is 5.